The topological polar surface area (TPSA) is 61.4 Å². The van der Waals surface area contributed by atoms with E-state index in [1.165, 1.54) is 0 Å². The molecule has 1 aliphatic heterocycles. The van der Waals surface area contributed by atoms with E-state index in [4.69, 9.17) is 0 Å². The summed E-state index contributed by atoms with van der Waals surface area (Å²) in [6.07, 6.45) is 1.33. The maximum atomic E-state index is 13.5. The quantitative estimate of drug-likeness (QED) is 0.627. The van der Waals surface area contributed by atoms with Crippen molar-refractivity contribution in [1.82, 2.24) is 10.6 Å². The molecule has 5 nitrogen and oxygen atoms in total. The van der Waals surface area contributed by atoms with Crippen molar-refractivity contribution in [3.63, 3.8) is 0 Å². The standard InChI is InChI=1S/C27H29N3O2/c1-19(28-2)26(31)29-24-17-16-23-10-6-7-11-25(23)30(27(24)32)18-20-12-14-22(15-13-20)21-8-4-3-5-9-21/h3-15,19,24,28H,16-18H2,1-2H3,(H,29,31). The van der Waals surface area contributed by atoms with Gasteiger partial charge in [-0.2, -0.15) is 0 Å². The second kappa shape index (κ2) is 9.79. The van der Waals surface area contributed by atoms with Crippen LogP contribution in [0.5, 0.6) is 0 Å². The van der Waals surface area contributed by atoms with Gasteiger partial charge in [0.05, 0.1) is 12.6 Å². The van der Waals surface area contributed by atoms with Crippen LogP contribution in [0.25, 0.3) is 11.1 Å². The molecule has 0 saturated carbocycles. The molecule has 3 aromatic carbocycles. The van der Waals surface area contributed by atoms with Gasteiger partial charge in [-0.05, 0) is 55.1 Å². The third-order valence-corrected chi connectivity index (χ3v) is 6.09. The van der Waals surface area contributed by atoms with Gasteiger partial charge in [0.2, 0.25) is 11.8 Å². The number of nitrogens with one attached hydrogen (secondary N) is 2. The number of carbonyl (C=O) groups is 2. The first-order valence-corrected chi connectivity index (χ1v) is 11.1. The van der Waals surface area contributed by atoms with Gasteiger partial charge in [0.25, 0.3) is 0 Å². The van der Waals surface area contributed by atoms with E-state index in [-0.39, 0.29) is 17.9 Å². The van der Waals surface area contributed by atoms with Crippen LogP contribution in [-0.2, 0) is 22.6 Å². The first-order valence-electron chi connectivity index (χ1n) is 11.1. The Kier molecular flexibility index (Phi) is 6.66. The van der Waals surface area contributed by atoms with Crippen molar-refractivity contribution in [3.8, 4) is 11.1 Å². The van der Waals surface area contributed by atoms with Crippen molar-refractivity contribution in [2.45, 2.75) is 38.4 Å². The van der Waals surface area contributed by atoms with Gasteiger partial charge in [-0.3, -0.25) is 9.59 Å². The van der Waals surface area contributed by atoms with E-state index < -0.39 is 6.04 Å². The normalized spacial score (nSPS) is 16.8. The summed E-state index contributed by atoms with van der Waals surface area (Å²) in [5, 5.41) is 5.88. The largest absolute Gasteiger partial charge is 0.343 e. The number of carbonyl (C=O) groups excluding carboxylic acids is 2. The highest BCUT2D eigenvalue weighted by molar-refractivity contribution is 6.00. The summed E-state index contributed by atoms with van der Waals surface area (Å²) in [6.45, 7) is 2.25. The van der Waals surface area contributed by atoms with Gasteiger partial charge in [0.15, 0.2) is 0 Å². The lowest BCUT2D eigenvalue weighted by atomic mass is 10.0. The maximum absolute atomic E-state index is 13.5. The molecule has 0 aromatic heterocycles. The summed E-state index contributed by atoms with van der Waals surface area (Å²) in [5.74, 6) is -0.234. The van der Waals surface area contributed by atoms with Gasteiger partial charge in [0.1, 0.15) is 6.04 Å². The monoisotopic (exact) mass is 427 g/mol. The third-order valence-electron chi connectivity index (χ3n) is 6.09. The number of para-hydroxylation sites is 1. The number of amides is 2. The van der Waals surface area contributed by atoms with Gasteiger partial charge in [-0.15, -0.1) is 0 Å². The van der Waals surface area contributed by atoms with E-state index in [2.05, 4.69) is 53.1 Å². The highest BCUT2D eigenvalue weighted by Gasteiger charge is 2.32. The molecule has 0 spiro atoms. The van der Waals surface area contributed by atoms with Gasteiger partial charge >= 0.3 is 0 Å². The molecule has 0 saturated heterocycles. The van der Waals surface area contributed by atoms with Crippen LogP contribution in [-0.4, -0.2) is 30.9 Å². The van der Waals surface area contributed by atoms with Crippen molar-refractivity contribution >= 4 is 17.5 Å². The summed E-state index contributed by atoms with van der Waals surface area (Å²) in [5.41, 5.74) is 5.39. The SMILES string of the molecule is CNC(C)C(=O)NC1CCc2ccccc2N(Cc2ccc(-c3ccccc3)cc2)C1=O. The highest BCUT2D eigenvalue weighted by atomic mass is 16.2. The molecule has 0 fully saturated rings. The number of hydrogen-bond acceptors (Lipinski definition) is 3. The highest BCUT2D eigenvalue weighted by Crippen LogP contribution is 2.29. The Hall–Kier alpha value is -3.44. The second-order valence-corrected chi connectivity index (χ2v) is 8.23. The molecule has 2 unspecified atom stereocenters. The Labute approximate surface area is 189 Å². The summed E-state index contributed by atoms with van der Waals surface area (Å²) in [7, 11) is 1.74. The molecule has 0 bridgehead atoms. The predicted octanol–water partition coefficient (Wildman–Crippen LogP) is 3.93. The van der Waals surface area contributed by atoms with Crippen LogP contribution in [0.2, 0.25) is 0 Å². The molecular formula is C27H29N3O2. The lowest BCUT2D eigenvalue weighted by Crippen LogP contribution is -2.52. The van der Waals surface area contributed by atoms with Gasteiger partial charge < -0.3 is 15.5 Å². The lowest BCUT2D eigenvalue weighted by Gasteiger charge is -2.27. The van der Waals surface area contributed by atoms with Crippen LogP contribution >= 0.6 is 0 Å². The number of benzene rings is 3. The molecule has 3 aromatic rings. The van der Waals surface area contributed by atoms with E-state index in [0.717, 1.165) is 34.4 Å². The average Bonchev–Trinajstić information content (AvgIpc) is 2.97. The summed E-state index contributed by atoms with van der Waals surface area (Å²) < 4.78 is 0. The molecule has 5 heteroatoms. The summed E-state index contributed by atoms with van der Waals surface area (Å²) >= 11 is 0. The predicted molar refractivity (Wildman–Crippen MR) is 128 cm³/mol. The minimum absolute atomic E-state index is 0.0706. The molecule has 0 radical (unpaired) electrons. The number of aryl methyl sites for hydroxylation is 1. The van der Waals surface area contributed by atoms with E-state index in [1.54, 1.807) is 14.0 Å². The zero-order valence-electron chi connectivity index (χ0n) is 18.5. The number of hydrogen-bond donors (Lipinski definition) is 2. The fourth-order valence-electron chi connectivity index (χ4n) is 4.06. The van der Waals surface area contributed by atoms with Crippen LogP contribution in [0.4, 0.5) is 5.69 Å². The van der Waals surface area contributed by atoms with Crippen molar-refractivity contribution in [2.24, 2.45) is 0 Å². The van der Waals surface area contributed by atoms with Crippen molar-refractivity contribution in [1.29, 1.82) is 0 Å². The Morgan fingerprint density at radius 3 is 2.34 bits per heavy atom. The second-order valence-electron chi connectivity index (χ2n) is 8.23. The van der Waals surface area contributed by atoms with E-state index in [9.17, 15) is 9.59 Å². The molecule has 2 atom stereocenters. The number of fused-ring (bicyclic) bond motifs is 1. The molecule has 2 amide bonds. The van der Waals surface area contributed by atoms with E-state index >= 15 is 0 Å². The smallest absolute Gasteiger partial charge is 0.249 e. The minimum Gasteiger partial charge on any atom is -0.343 e. The molecule has 1 heterocycles. The Morgan fingerprint density at radius 1 is 0.969 bits per heavy atom. The van der Waals surface area contributed by atoms with Gasteiger partial charge in [0, 0.05) is 5.69 Å². The summed E-state index contributed by atoms with van der Waals surface area (Å²) in [6, 6.07) is 25.7. The molecule has 1 aliphatic rings. The van der Waals surface area contributed by atoms with Crippen LogP contribution in [0.1, 0.15) is 24.5 Å². The maximum Gasteiger partial charge on any atom is 0.249 e. The fourth-order valence-corrected chi connectivity index (χ4v) is 4.06. The molecule has 164 valence electrons. The van der Waals surface area contributed by atoms with Crippen LogP contribution in [0.15, 0.2) is 78.9 Å². The van der Waals surface area contributed by atoms with Crippen molar-refractivity contribution in [2.75, 3.05) is 11.9 Å². The van der Waals surface area contributed by atoms with Crippen molar-refractivity contribution in [3.05, 3.63) is 90.0 Å². The zero-order chi connectivity index (χ0) is 22.5. The minimum atomic E-state index is -0.547. The van der Waals surface area contributed by atoms with Crippen LogP contribution < -0.4 is 15.5 Å². The van der Waals surface area contributed by atoms with Gasteiger partial charge in [-0.25, -0.2) is 0 Å². The first-order chi connectivity index (χ1) is 15.6. The Balaban J connectivity index is 1.59. The lowest BCUT2D eigenvalue weighted by molar-refractivity contribution is -0.128. The van der Waals surface area contributed by atoms with Crippen molar-refractivity contribution < 1.29 is 9.59 Å². The number of nitrogens with zero attached hydrogens (tertiary/aromatic N) is 1. The Bertz CT molecular complexity index is 1080. The average molecular weight is 428 g/mol. The molecule has 0 aliphatic carbocycles. The third kappa shape index (κ3) is 4.73. The molecule has 32 heavy (non-hydrogen) atoms. The number of anilines is 1. The Morgan fingerprint density at radius 2 is 1.62 bits per heavy atom. The molecule has 2 N–H and O–H groups in total. The summed E-state index contributed by atoms with van der Waals surface area (Å²) in [4.78, 5) is 27.8. The zero-order valence-corrected chi connectivity index (χ0v) is 18.5. The number of likely N-dealkylation sites (N-methyl/N-ethyl adjacent to an activating group) is 1. The number of rotatable bonds is 6. The van der Waals surface area contributed by atoms with Crippen LogP contribution in [0.3, 0.4) is 0 Å². The van der Waals surface area contributed by atoms with Gasteiger partial charge in [-0.1, -0.05) is 72.8 Å². The first kappa shape index (κ1) is 21.8. The van der Waals surface area contributed by atoms with E-state index in [0.29, 0.717) is 13.0 Å². The fraction of sp³-hybridized carbons (Fsp3) is 0.259. The molecule has 4 rings (SSSR count). The van der Waals surface area contributed by atoms with E-state index in [1.807, 2.05) is 41.3 Å². The van der Waals surface area contributed by atoms with Crippen LogP contribution in [0, 0.1) is 0 Å². The molecular weight excluding hydrogens is 398 g/mol.